The molecule has 1 heterocycles. The first kappa shape index (κ1) is 25.0. The Bertz CT molecular complexity index is 1700. The second-order valence-electron chi connectivity index (χ2n) is 8.62. The van der Waals surface area contributed by atoms with Gasteiger partial charge in [-0.15, -0.1) is 0 Å². The standard InChI is InChI=1S/C30H22BrN3O4/c31-22-15-16-24-25(17-22)26(20-7-3-1-4-8-20)27(30(37)38)34(29(24)36)18-19-11-13-21(14-12-19)28(35)33-32-23-9-5-2-6-10-23/h1-17,32H,18H2,(H,33,35)(H,37,38). The van der Waals surface area contributed by atoms with Crippen molar-refractivity contribution in [3.05, 3.63) is 135 Å². The summed E-state index contributed by atoms with van der Waals surface area (Å²) in [6, 6.07) is 30.3. The van der Waals surface area contributed by atoms with E-state index in [0.29, 0.717) is 33.0 Å². The number of hydrogen-bond acceptors (Lipinski definition) is 4. The first-order valence-corrected chi connectivity index (χ1v) is 12.6. The molecular weight excluding hydrogens is 546 g/mol. The zero-order valence-corrected chi connectivity index (χ0v) is 21.6. The minimum absolute atomic E-state index is 0.0243. The van der Waals surface area contributed by atoms with Gasteiger partial charge in [-0.3, -0.25) is 25.0 Å². The van der Waals surface area contributed by atoms with E-state index in [9.17, 15) is 19.5 Å². The van der Waals surface area contributed by atoms with E-state index in [1.165, 1.54) is 4.57 Å². The number of benzene rings is 4. The third kappa shape index (κ3) is 5.07. The Morgan fingerprint density at radius 2 is 1.47 bits per heavy atom. The van der Waals surface area contributed by atoms with E-state index in [1.54, 1.807) is 42.5 Å². The van der Waals surface area contributed by atoms with Gasteiger partial charge in [0.15, 0.2) is 0 Å². The third-order valence-electron chi connectivity index (χ3n) is 6.15. The number of hydrazine groups is 1. The number of hydrogen-bond donors (Lipinski definition) is 3. The summed E-state index contributed by atoms with van der Waals surface area (Å²) < 4.78 is 2.03. The molecule has 0 bridgehead atoms. The molecule has 7 nitrogen and oxygen atoms in total. The largest absolute Gasteiger partial charge is 0.477 e. The van der Waals surface area contributed by atoms with Gasteiger partial charge in [0.2, 0.25) is 0 Å². The Morgan fingerprint density at radius 1 is 0.816 bits per heavy atom. The normalized spacial score (nSPS) is 10.8. The first-order chi connectivity index (χ1) is 18.4. The highest BCUT2D eigenvalue weighted by Gasteiger charge is 2.23. The molecule has 5 rings (SSSR count). The van der Waals surface area contributed by atoms with Crippen molar-refractivity contribution in [1.29, 1.82) is 0 Å². The molecule has 0 atom stereocenters. The van der Waals surface area contributed by atoms with E-state index in [4.69, 9.17) is 0 Å². The van der Waals surface area contributed by atoms with Crippen LogP contribution in [-0.4, -0.2) is 21.6 Å². The highest BCUT2D eigenvalue weighted by molar-refractivity contribution is 9.10. The number of fused-ring (bicyclic) bond motifs is 1. The molecule has 0 saturated heterocycles. The first-order valence-electron chi connectivity index (χ1n) is 11.8. The SMILES string of the molecule is O=C(NNc1ccccc1)c1ccc(Cn2c(C(=O)O)c(-c3ccccc3)c3cc(Br)ccc3c2=O)cc1. The van der Waals surface area contributed by atoms with Gasteiger partial charge < -0.3 is 5.11 Å². The van der Waals surface area contributed by atoms with Crippen LogP contribution in [0.3, 0.4) is 0 Å². The van der Waals surface area contributed by atoms with Crippen molar-refractivity contribution in [3.8, 4) is 11.1 Å². The quantitative estimate of drug-likeness (QED) is 0.211. The lowest BCUT2D eigenvalue weighted by molar-refractivity contribution is 0.0685. The zero-order chi connectivity index (χ0) is 26.6. The Kier molecular flexibility index (Phi) is 7.06. The number of aromatic carboxylic acids is 1. The van der Waals surface area contributed by atoms with E-state index in [1.807, 2.05) is 60.7 Å². The lowest BCUT2D eigenvalue weighted by Gasteiger charge is -2.18. The van der Waals surface area contributed by atoms with Gasteiger partial charge in [0, 0.05) is 21.0 Å². The highest BCUT2D eigenvalue weighted by Crippen LogP contribution is 2.32. The van der Waals surface area contributed by atoms with Crippen molar-refractivity contribution in [3.63, 3.8) is 0 Å². The number of nitrogens with zero attached hydrogens (tertiary/aromatic N) is 1. The number of carboxylic acid groups (broad SMARTS) is 1. The second kappa shape index (κ2) is 10.7. The number of aromatic nitrogens is 1. The monoisotopic (exact) mass is 567 g/mol. The maximum Gasteiger partial charge on any atom is 0.353 e. The predicted octanol–water partition coefficient (Wildman–Crippen LogP) is 5.93. The summed E-state index contributed by atoms with van der Waals surface area (Å²) in [5.41, 5.74) is 8.00. The van der Waals surface area contributed by atoms with Crippen LogP contribution in [-0.2, 0) is 6.54 Å². The number of carbonyl (C=O) groups excluding carboxylic acids is 1. The number of halogens is 1. The smallest absolute Gasteiger partial charge is 0.353 e. The van der Waals surface area contributed by atoms with Crippen LogP contribution in [0.25, 0.3) is 21.9 Å². The number of amides is 1. The van der Waals surface area contributed by atoms with E-state index in [0.717, 1.165) is 10.2 Å². The highest BCUT2D eigenvalue weighted by atomic mass is 79.9. The minimum atomic E-state index is -1.20. The van der Waals surface area contributed by atoms with Crippen molar-refractivity contribution >= 4 is 44.3 Å². The van der Waals surface area contributed by atoms with Crippen LogP contribution in [0.5, 0.6) is 0 Å². The molecule has 0 aliphatic carbocycles. The van der Waals surface area contributed by atoms with Crippen LogP contribution in [0.15, 0.2) is 112 Å². The zero-order valence-electron chi connectivity index (χ0n) is 20.0. The molecule has 8 heteroatoms. The summed E-state index contributed by atoms with van der Waals surface area (Å²) in [5.74, 6) is -1.53. The fourth-order valence-electron chi connectivity index (χ4n) is 4.36. The van der Waals surface area contributed by atoms with Gasteiger partial charge in [-0.05, 0) is 59.0 Å². The molecule has 188 valence electrons. The summed E-state index contributed by atoms with van der Waals surface area (Å²) in [4.78, 5) is 38.7. The Labute approximate surface area is 226 Å². The predicted molar refractivity (Wildman–Crippen MR) is 151 cm³/mol. The lowest BCUT2D eigenvalue weighted by Crippen LogP contribution is -2.29. The summed E-state index contributed by atoms with van der Waals surface area (Å²) in [6.45, 7) is 0.0243. The van der Waals surface area contributed by atoms with Gasteiger partial charge in [-0.1, -0.05) is 76.6 Å². The molecule has 0 fully saturated rings. The second-order valence-corrected chi connectivity index (χ2v) is 9.53. The van der Waals surface area contributed by atoms with Crippen LogP contribution >= 0.6 is 15.9 Å². The van der Waals surface area contributed by atoms with Crippen LogP contribution < -0.4 is 16.4 Å². The van der Waals surface area contributed by atoms with Crippen molar-refractivity contribution in [2.24, 2.45) is 0 Å². The molecule has 0 aliphatic rings. The third-order valence-corrected chi connectivity index (χ3v) is 6.64. The van der Waals surface area contributed by atoms with Gasteiger partial charge in [-0.25, -0.2) is 4.79 Å². The number of pyridine rings is 1. The molecule has 38 heavy (non-hydrogen) atoms. The van der Waals surface area contributed by atoms with E-state index in [2.05, 4.69) is 26.8 Å². The molecule has 1 aromatic heterocycles. The molecule has 1 amide bonds. The molecule has 0 saturated carbocycles. The van der Waals surface area contributed by atoms with Crippen molar-refractivity contribution in [2.75, 3.05) is 5.43 Å². The summed E-state index contributed by atoms with van der Waals surface area (Å²) in [7, 11) is 0. The number of carbonyl (C=O) groups is 2. The number of carboxylic acids is 1. The van der Waals surface area contributed by atoms with Crippen LogP contribution in [0.2, 0.25) is 0 Å². The van der Waals surface area contributed by atoms with E-state index >= 15 is 0 Å². The fraction of sp³-hybridized carbons (Fsp3) is 0.0333. The van der Waals surface area contributed by atoms with Crippen LogP contribution in [0.1, 0.15) is 26.4 Å². The summed E-state index contributed by atoms with van der Waals surface area (Å²) >= 11 is 3.45. The van der Waals surface area contributed by atoms with E-state index < -0.39 is 11.5 Å². The molecule has 0 aliphatic heterocycles. The molecule has 0 unspecified atom stereocenters. The summed E-state index contributed by atoms with van der Waals surface area (Å²) in [6.07, 6.45) is 0. The number of para-hydroxylation sites is 1. The average molecular weight is 568 g/mol. The molecular formula is C30H22BrN3O4. The lowest BCUT2D eigenvalue weighted by atomic mass is 9.96. The molecule has 3 N–H and O–H groups in total. The maximum atomic E-state index is 13.6. The van der Waals surface area contributed by atoms with Crippen LogP contribution in [0.4, 0.5) is 5.69 Å². The van der Waals surface area contributed by atoms with Crippen LogP contribution in [0, 0.1) is 0 Å². The van der Waals surface area contributed by atoms with Crippen molar-refractivity contribution in [2.45, 2.75) is 6.54 Å². The molecule has 0 radical (unpaired) electrons. The van der Waals surface area contributed by atoms with Crippen molar-refractivity contribution < 1.29 is 14.7 Å². The molecule has 5 aromatic rings. The Morgan fingerprint density at radius 3 is 2.13 bits per heavy atom. The number of anilines is 1. The maximum absolute atomic E-state index is 13.6. The van der Waals surface area contributed by atoms with Gasteiger partial charge in [-0.2, -0.15) is 0 Å². The molecule has 4 aromatic carbocycles. The number of nitrogens with one attached hydrogen (secondary N) is 2. The molecule has 0 spiro atoms. The topological polar surface area (TPSA) is 100 Å². The van der Waals surface area contributed by atoms with Gasteiger partial charge in [0.25, 0.3) is 11.5 Å². The van der Waals surface area contributed by atoms with Gasteiger partial charge in [0.1, 0.15) is 5.69 Å². The van der Waals surface area contributed by atoms with E-state index in [-0.39, 0.29) is 18.1 Å². The Balaban J connectivity index is 1.52. The average Bonchev–Trinajstić information content (AvgIpc) is 2.94. The fourth-order valence-corrected chi connectivity index (χ4v) is 4.72. The van der Waals surface area contributed by atoms with Crippen molar-refractivity contribution in [1.82, 2.24) is 9.99 Å². The summed E-state index contributed by atoms with van der Waals surface area (Å²) in [5, 5.41) is 11.3. The number of rotatable bonds is 7. The van der Waals surface area contributed by atoms with Gasteiger partial charge >= 0.3 is 5.97 Å². The van der Waals surface area contributed by atoms with Gasteiger partial charge in [0.05, 0.1) is 12.2 Å². The minimum Gasteiger partial charge on any atom is -0.477 e. The Hall–Kier alpha value is -4.69.